The molecule has 0 saturated heterocycles. The Morgan fingerprint density at radius 3 is 2.34 bits per heavy atom. The van der Waals surface area contributed by atoms with Crippen LogP contribution >= 0.6 is 0 Å². The molecule has 2 heterocycles. The number of aromatic nitrogens is 1. The van der Waals surface area contributed by atoms with E-state index in [4.69, 9.17) is 0 Å². The van der Waals surface area contributed by atoms with Crippen molar-refractivity contribution in [3.05, 3.63) is 141 Å². The summed E-state index contributed by atoms with van der Waals surface area (Å²) in [6.45, 7) is 2.08. The van der Waals surface area contributed by atoms with E-state index in [-0.39, 0.29) is 16.7 Å². The smallest absolute Gasteiger partial charge is 0.293 e. The Labute approximate surface area is 203 Å². The first-order valence-electron chi connectivity index (χ1n) is 11.6. The minimum Gasteiger partial charge on any atom is -0.355 e. The number of hydrogen-bond donors (Lipinski definition) is 1. The van der Waals surface area contributed by atoms with E-state index in [0.29, 0.717) is 5.52 Å². The number of nitrogens with one attached hydrogen (secondary N) is 1. The summed E-state index contributed by atoms with van der Waals surface area (Å²) in [5.41, 5.74) is 8.36. The lowest BCUT2D eigenvalue weighted by Gasteiger charge is -2.40. The molecule has 0 spiro atoms. The second-order valence-electron chi connectivity index (χ2n) is 8.83. The van der Waals surface area contributed by atoms with Crippen LogP contribution in [0.4, 0.5) is 11.4 Å². The highest BCUT2D eigenvalue weighted by Crippen LogP contribution is 2.47. The highest BCUT2D eigenvalue weighted by Gasteiger charge is 2.34. The molecule has 0 aliphatic carbocycles. The maximum absolute atomic E-state index is 11.7. The zero-order chi connectivity index (χ0) is 23.9. The minimum atomic E-state index is -0.329. The SMILES string of the molecule is Cc1ccc(N2C(c3ccccc3)=Cc3ccccc3C2c2c[nH]c3c([N+](=O)[O-])cccc23)cc1. The fourth-order valence-corrected chi connectivity index (χ4v) is 5.06. The van der Waals surface area contributed by atoms with Crippen LogP contribution in [-0.4, -0.2) is 9.91 Å². The van der Waals surface area contributed by atoms with Gasteiger partial charge >= 0.3 is 0 Å². The van der Waals surface area contributed by atoms with Crippen molar-refractivity contribution in [2.45, 2.75) is 13.0 Å². The first-order valence-corrected chi connectivity index (χ1v) is 11.6. The van der Waals surface area contributed by atoms with Crippen molar-refractivity contribution in [3.63, 3.8) is 0 Å². The number of aromatic amines is 1. The Balaban J connectivity index is 1.66. The van der Waals surface area contributed by atoms with Gasteiger partial charge in [-0.25, -0.2) is 0 Å². The van der Waals surface area contributed by atoms with Crippen LogP contribution in [0.2, 0.25) is 0 Å². The van der Waals surface area contributed by atoms with E-state index >= 15 is 0 Å². The van der Waals surface area contributed by atoms with Crippen molar-refractivity contribution in [2.24, 2.45) is 0 Å². The van der Waals surface area contributed by atoms with Crippen molar-refractivity contribution in [1.29, 1.82) is 0 Å². The van der Waals surface area contributed by atoms with E-state index in [1.165, 1.54) is 5.56 Å². The van der Waals surface area contributed by atoms with Crippen LogP contribution in [0.5, 0.6) is 0 Å². The molecule has 0 bridgehead atoms. The molecule has 1 N–H and O–H groups in total. The predicted octanol–water partition coefficient (Wildman–Crippen LogP) is 7.49. The third-order valence-corrected chi connectivity index (χ3v) is 6.70. The molecule has 1 aliphatic rings. The average Bonchev–Trinajstić information content (AvgIpc) is 3.32. The van der Waals surface area contributed by atoms with Crippen molar-refractivity contribution in [3.8, 4) is 0 Å². The second-order valence-corrected chi connectivity index (χ2v) is 8.83. The van der Waals surface area contributed by atoms with E-state index in [0.717, 1.165) is 39.0 Å². The van der Waals surface area contributed by atoms with Crippen LogP contribution in [0.3, 0.4) is 0 Å². The molecule has 0 amide bonds. The molecule has 5 nitrogen and oxygen atoms in total. The summed E-state index contributed by atoms with van der Waals surface area (Å²) in [6, 6.07) is 32.4. The van der Waals surface area contributed by atoms with Gasteiger partial charge in [0.05, 0.1) is 11.0 Å². The zero-order valence-corrected chi connectivity index (χ0v) is 19.2. The van der Waals surface area contributed by atoms with E-state index in [1.807, 2.05) is 30.5 Å². The van der Waals surface area contributed by atoms with Gasteiger partial charge in [0.2, 0.25) is 0 Å². The molecular formula is C30H23N3O2. The lowest BCUT2D eigenvalue weighted by Crippen LogP contribution is -2.31. The Morgan fingerprint density at radius 2 is 1.57 bits per heavy atom. The standard InChI is InChI=1S/C30H23N3O2/c1-20-14-16-23(17-15-20)32-28(21-8-3-2-4-9-21)18-22-10-5-6-11-24(22)30(32)26-19-31-29-25(26)12-7-13-27(29)33(34)35/h2-19,30-31H,1H3. The van der Waals surface area contributed by atoms with Gasteiger partial charge in [0.25, 0.3) is 5.69 Å². The summed E-state index contributed by atoms with van der Waals surface area (Å²) in [7, 11) is 0. The molecule has 1 aliphatic heterocycles. The van der Waals surface area contributed by atoms with Crippen LogP contribution in [0.1, 0.15) is 33.9 Å². The molecule has 4 aromatic carbocycles. The van der Waals surface area contributed by atoms with Gasteiger partial charge in [-0.05, 0) is 41.8 Å². The average molecular weight is 458 g/mol. The highest BCUT2D eigenvalue weighted by molar-refractivity contribution is 5.97. The maximum atomic E-state index is 11.7. The molecule has 5 aromatic rings. The van der Waals surface area contributed by atoms with Crippen LogP contribution < -0.4 is 4.90 Å². The number of hydrogen-bond acceptors (Lipinski definition) is 3. The molecule has 5 heteroatoms. The quantitative estimate of drug-likeness (QED) is 0.225. The van der Waals surface area contributed by atoms with Crippen LogP contribution in [0, 0.1) is 17.0 Å². The molecule has 0 saturated carbocycles. The first kappa shape index (κ1) is 20.9. The largest absolute Gasteiger partial charge is 0.355 e. The molecule has 0 fully saturated rings. The number of benzene rings is 4. The lowest BCUT2D eigenvalue weighted by atomic mass is 9.87. The molecular weight excluding hydrogens is 434 g/mol. The normalized spacial score (nSPS) is 15.1. The van der Waals surface area contributed by atoms with Crippen molar-refractivity contribution in [1.82, 2.24) is 4.98 Å². The fraction of sp³-hybridized carbons (Fsp3) is 0.0667. The summed E-state index contributed by atoms with van der Waals surface area (Å²) in [5.74, 6) is 0. The number of nitro groups is 1. The summed E-state index contributed by atoms with van der Waals surface area (Å²) in [6.07, 6.45) is 4.16. The number of nitro benzene ring substituents is 1. The van der Waals surface area contributed by atoms with Gasteiger partial charge in [-0.3, -0.25) is 10.1 Å². The number of fused-ring (bicyclic) bond motifs is 2. The Kier molecular flexibility index (Phi) is 4.96. The first-order chi connectivity index (χ1) is 17.1. The highest BCUT2D eigenvalue weighted by atomic mass is 16.6. The minimum absolute atomic E-state index is 0.0820. The van der Waals surface area contributed by atoms with Gasteiger partial charge in [0.1, 0.15) is 5.52 Å². The van der Waals surface area contributed by atoms with Crippen LogP contribution in [0.25, 0.3) is 22.7 Å². The number of rotatable bonds is 4. The molecule has 6 rings (SSSR count). The van der Waals surface area contributed by atoms with E-state index in [2.05, 4.69) is 83.5 Å². The van der Waals surface area contributed by atoms with Crippen molar-refractivity contribution >= 4 is 34.1 Å². The van der Waals surface area contributed by atoms with Gasteiger partial charge < -0.3 is 9.88 Å². The van der Waals surface area contributed by atoms with Gasteiger partial charge in [-0.1, -0.05) is 84.4 Å². The third-order valence-electron chi connectivity index (χ3n) is 6.70. The van der Waals surface area contributed by atoms with E-state index in [9.17, 15) is 10.1 Å². The summed E-state index contributed by atoms with van der Waals surface area (Å²) < 4.78 is 0. The van der Waals surface area contributed by atoms with Crippen LogP contribution in [-0.2, 0) is 0 Å². The Bertz CT molecular complexity index is 1580. The van der Waals surface area contributed by atoms with Crippen LogP contribution in [0.15, 0.2) is 103 Å². The summed E-state index contributed by atoms with van der Waals surface area (Å²) >= 11 is 0. The molecule has 1 aromatic heterocycles. The number of non-ortho nitro benzene ring substituents is 1. The predicted molar refractivity (Wildman–Crippen MR) is 141 cm³/mol. The number of nitrogens with zero attached hydrogens (tertiary/aromatic N) is 2. The fourth-order valence-electron chi connectivity index (χ4n) is 5.06. The number of H-pyrrole nitrogens is 1. The Hall–Kier alpha value is -4.64. The molecule has 1 atom stereocenters. The Morgan fingerprint density at radius 1 is 0.829 bits per heavy atom. The van der Waals surface area contributed by atoms with E-state index in [1.54, 1.807) is 12.1 Å². The molecule has 35 heavy (non-hydrogen) atoms. The van der Waals surface area contributed by atoms with Crippen molar-refractivity contribution < 1.29 is 4.92 Å². The van der Waals surface area contributed by atoms with Gasteiger partial charge in [-0.2, -0.15) is 0 Å². The summed E-state index contributed by atoms with van der Waals surface area (Å²) in [5, 5.41) is 12.6. The topological polar surface area (TPSA) is 62.2 Å². The summed E-state index contributed by atoms with van der Waals surface area (Å²) in [4.78, 5) is 17.0. The van der Waals surface area contributed by atoms with Gasteiger partial charge in [0.15, 0.2) is 0 Å². The molecule has 170 valence electrons. The third kappa shape index (κ3) is 3.49. The second kappa shape index (κ2) is 8.29. The number of aryl methyl sites for hydroxylation is 1. The van der Waals surface area contributed by atoms with Gasteiger partial charge in [0, 0.05) is 34.6 Å². The van der Waals surface area contributed by atoms with E-state index < -0.39 is 0 Å². The molecule has 1 unspecified atom stereocenters. The zero-order valence-electron chi connectivity index (χ0n) is 19.2. The van der Waals surface area contributed by atoms with Crippen molar-refractivity contribution in [2.75, 3.05) is 4.90 Å². The van der Waals surface area contributed by atoms with Gasteiger partial charge in [-0.15, -0.1) is 0 Å². The number of para-hydroxylation sites is 1. The lowest BCUT2D eigenvalue weighted by molar-refractivity contribution is -0.383. The number of anilines is 1. The maximum Gasteiger partial charge on any atom is 0.293 e. The molecule has 0 radical (unpaired) electrons. The monoisotopic (exact) mass is 457 g/mol.